The number of nitrogens with zero attached hydrogens (tertiary/aromatic N) is 2. The summed E-state index contributed by atoms with van der Waals surface area (Å²) >= 11 is 17.9. The van der Waals surface area contributed by atoms with E-state index in [1.165, 1.54) is 5.01 Å². The van der Waals surface area contributed by atoms with Gasteiger partial charge in [0.15, 0.2) is 0 Å². The van der Waals surface area contributed by atoms with Gasteiger partial charge in [0.1, 0.15) is 10.1 Å². The first-order valence-electron chi connectivity index (χ1n) is 5.49. The van der Waals surface area contributed by atoms with Gasteiger partial charge in [-0.05, 0) is 25.1 Å². The molecule has 0 saturated carbocycles. The Kier molecular flexibility index (Phi) is 4.15. The van der Waals surface area contributed by atoms with Gasteiger partial charge in [-0.2, -0.15) is 8.42 Å². The average molecular weight is 358 g/mol. The lowest BCUT2D eigenvalue weighted by atomic mass is 10.2. The SMILES string of the molecule is C[C@H]1C(S(=O)(=O)O)=C(Cl)N(C)N1c1cc(Cl)cc(Cl)c1. The first kappa shape index (κ1) is 15.7. The number of hydrazine groups is 1. The van der Waals surface area contributed by atoms with Crippen molar-refractivity contribution < 1.29 is 13.0 Å². The van der Waals surface area contributed by atoms with E-state index in [1.807, 2.05) is 0 Å². The first-order chi connectivity index (χ1) is 9.12. The molecule has 1 N–H and O–H groups in total. The minimum atomic E-state index is -4.40. The van der Waals surface area contributed by atoms with E-state index in [2.05, 4.69) is 0 Å². The molecule has 1 aliphatic heterocycles. The fourth-order valence-electron chi connectivity index (χ4n) is 2.19. The minimum Gasteiger partial charge on any atom is -0.282 e. The van der Waals surface area contributed by atoms with Crippen LogP contribution in [-0.2, 0) is 10.1 Å². The van der Waals surface area contributed by atoms with Gasteiger partial charge in [-0.3, -0.25) is 14.6 Å². The molecule has 0 radical (unpaired) electrons. The zero-order chi connectivity index (χ0) is 15.2. The van der Waals surface area contributed by atoms with Crippen molar-refractivity contribution in [1.82, 2.24) is 5.01 Å². The second kappa shape index (κ2) is 5.27. The molecule has 0 amide bonds. The Balaban J connectivity index is 2.52. The van der Waals surface area contributed by atoms with Gasteiger partial charge in [0.2, 0.25) is 0 Å². The van der Waals surface area contributed by atoms with Gasteiger partial charge in [0.05, 0.1) is 11.7 Å². The molecule has 5 nitrogen and oxygen atoms in total. The molecule has 9 heteroatoms. The van der Waals surface area contributed by atoms with Crippen LogP contribution >= 0.6 is 34.8 Å². The third-order valence-corrected chi connectivity index (χ3v) is 5.03. The van der Waals surface area contributed by atoms with Crippen molar-refractivity contribution in [3.63, 3.8) is 0 Å². The van der Waals surface area contributed by atoms with Gasteiger partial charge >= 0.3 is 0 Å². The van der Waals surface area contributed by atoms with Crippen LogP contribution in [0.25, 0.3) is 0 Å². The van der Waals surface area contributed by atoms with Crippen molar-refractivity contribution in [2.45, 2.75) is 13.0 Å². The molecule has 0 aromatic heterocycles. The lowest BCUT2D eigenvalue weighted by molar-refractivity contribution is 0.415. The van der Waals surface area contributed by atoms with Crippen LogP contribution in [-0.4, -0.2) is 31.1 Å². The highest BCUT2D eigenvalue weighted by Crippen LogP contribution is 2.38. The summed E-state index contributed by atoms with van der Waals surface area (Å²) in [5.74, 6) is 0. The van der Waals surface area contributed by atoms with E-state index in [0.717, 1.165) is 0 Å². The minimum absolute atomic E-state index is 0.0731. The Morgan fingerprint density at radius 1 is 1.15 bits per heavy atom. The van der Waals surface area contributed by atoms with Crippen molar-refractivity contribution >= 4 is 50.6 Å². The van der Waals surface area contributed by atoms with Gasteiger partial charge in [0.25, 0.3) is 10.1 Å². The van der Waals surface area contributed by atoms with Gasteiger partial charge in [0, 0.05) is 17.1 Å². The molecule has 0 fully saturated rings. The van der Waals surface area contributed by atoms with Crippen molar-refractivity contribution in [2.24, 2.45) is 0 Å². The summed E-state index contributed by atoms with van der Waals surface area (Å²) in [6.45, 7) is 1.60. The number of rotatable bonds is 2. The number of halogens is 3. The van der Waals surface area contributed by atoms with Crippen LogP contribution in [0.15, 0.2) is 28.3 Å². The molecule has 1 heterocycles. The maximum atomic E-state index is 11.4. The normalized spacial score (nSPS) is 20.0. The number of hydrogen-bond acceptors (Lipinski definition) is 4. The molecule has 0 saturated heterocycles. The van der Waals surface area contributed by atoms with Crippen molar-refractivity contribution in [1.29, 1.82) is 0 Å². The summed E-state index contributed by atoms with van der Waals surface area (Å²) in [5.41, 5.74) is 0.564. The molecular weight excluding hydrogens is 347 g/mol. The lowest BCUT2D eigenvalue weighted by Gasteiger charge is -2.32. The third-order valence-electron chi connectivity index (χ3n) is 2.95. The predicted molar refractivity (Wildman–Crippen MR) is 80.6 cm³/mol. The molecule has 1 aromatic carbocycles. The van der Waals surface area contributed by atoms with E-state index >= 15 is 0 Å². The molecule has 2 rings (SSSR count). The zero-order valence-electron chi connectivity index (χ0n) is 10.5. The Morgan fingerprint density at radius 3 is 2.05 bits per heavy atom. The van der Waals surface area contributed by atoms with Crippen LogP contribution in [0.5, 0.6) is 0 Å². The maximum absolute atomic E-state index is 11.4. The highest BCUT2D eigenvalue weighted by atomic mass is 35.5. The molecule has 0 aliphatic carbocycles. The fraction of sp³-hybridized carbons (Fsp3) is 0.273. The Hall–Kier alpha value is -0.660. The molecule has 1 aromatic rings. The van der Waals surface area contributed by atoms with Gasteiger partial charge in [-0.25, -0.2) is 0 Å². The van der Waals surface area contributed by atoms with Crippen molar-refractivity contribution in [3.05, 3.63) is 38.3 Å². The van der Waals surface area contributed by atoms with E-state index in [4.69, 9.17) is 34.8 Å². The van der Waals surface area contributed by atoms with E-state index in [0.29, 0.717) is 15.7 Å². The Morgan fingerprint density at radius 2 is 1.65 bits per heavy atom. The highest BCUT2D eigenvalue weighted by molar-refractivity contribution is 7.90. The Bertz CT molecular complexity index is 670. The zero-order valence-corrected chi connectivity index (χ0v) is 13.6. The molecule has 0 bridgehead atoms. The van der Waals surface area contributed by atoms with Gasteiger partial charge in [-0.1, -0.05) is 34.8 Å². The van der Waals surface area contributed by atoms with Crippen LogP contribution in [0.2, 0.25) is 10.0 Å². The predicted octanol–water partition coefficient (Wildman–Crippen LogP) is 3.34. The van der Waals surface area contributed by atoms with Crippen LogP contribution in [0, 0.1) is 0 Å². The highest BCUT2D eigenvalue weighted by Gasteiger charge is 2.40. The summed E-state index contributed by atoms with van der Waals surface area (Å²) in [7, 11) is -2.82. The molecule has 20 heavy (non-hydrogen) atoms. The lowest BCUT2D eigenvalue weighted by Crippen LogP contribution is -2.39. The van der Waals surface area contributed by atoms with E-state index in [-0.39, 0.29) is 10.1 Å². The average Bonchev–Trinajstić information content (AvgIpc) is 2.47. The van der Waals surface area contributed by atoms with Gasteiger partial charge in [-0.15, -0.1) is 0 Å². The third kappa shape index (κ3) is 2.71. The van der Waals surface area contributed by atoms with Crippen LogP contribution in [0.4, 0.5) is 5.69 Å². The topological polar surface area (TPSA) is 60.9 Å². The molecule has 1 atom stereocenters. The number of benzene rings is 1. The second-order valence-electron chi connectivity index (χ2n) is 4.30. The number of anilines is 1. The van der Waals surface area contributed by atoms with E-state index in [9.17, 15) is 13.0 Å². The fourth-order valence-corrected chi connectivity index (χ4v) is 4.11. The summed E-state index contributed by atoms with van der Waals surface area (Å²) in [5, 5.41) is 3.73. The maximum Gasteiger partial charge on any atom is 0.295 e. The van der Waals surface area contributed by atoms with Crippen molar-refractivity contribution in [2.75, 3.05) is 12.1 Å². The smallest absolute Gasteiger partial charge is 0.282 e. The summed E-state index contributed by atoms with van der Waals surface area (Å²) in [4.78, 5) is -0.266. The summed E-state index contributed by atoms with van der Waals surface area (Å²) in [6.07, 6.45) is 0. The molecular formula is C11H11Cl3N2O3S. The van der Waals surface area contributed by atoms with E-state index in [1.54, 1.807) is 37.2 Å². The van der Waals surface area contributed by atoms with Crippen molar-refractivity contribution in [3.8, 4) is 0 Å². The van der Waals surface area contributed by atoms with Gasteiger partial charge < -0.3 is 0 Å². The molecule has 0 unspecified atom stereocenters. The van der Waals surface area contributed by atoms with E-state index < -0.39 is 16.2 Å². The first-order valence-corrected chi connectivity index (χ1v) is 8.06. The standard InChI is InChI=1S/C11H11Cl3N2O3S/c1-6-10(20(17,18)19)11(14)15(2)16(6)9-4-7(12)3-8(13)5-9/h3-6H,1-2H3,(H,17,18,19)/t6-/m0/s1. The summed E-state index contributed by atoms with van der Waals surface area (Å²) < 4.78 is 32.1. The van der Waals surface area contributed by atoms with Crippen LogP contribution in [0.1, 0.15) is 6.92 Å². The molecule has 0 spiro atoms. The van der Waals surface area contributed by atoms with Crippen LogP contribution < -0.4 is 5.01 Å². The molecule has 110 valence electrons. The summed E-state index contributed by atoms with van der Waals surface area (Å²) in [6, 6.07) is 4.12. The largest absolute Gasteiger partial charge is 0.295 e. The Labute approximate surface area is 132 Å². The van der Waals surface area contributed by atoms with Crippen LogP contribution in [0.3, 0.4) is 0 Å². The monoisotopic (exact) mass is 356 g/mol. The second-order valence-corrected chi connectivity index (χ2v) is 6.92. The molecule has 1 aliphatic rings. The number of hydrogen-bond donors (Lipinski definition) is 1. The quantitative estimate of drug-likeness (QED) is 0.650.